The number of carbonyl (C=O) groups is 2. The van der Waals surface area contributed by atoms with Crippen molar-refractivity contribution in [3.05, 3.63) is 63.7 Å². The van der Waals surface area contributed by atoms with Crippen LogP contribution in [-0.2, 0) is 25.0 Å². The topological polar surface area (TPSA) is 226 Å². The van der Waals surface area contributed by atoms with Crippen molar-refractivity contribution >= 4 is 49.5 Å². The summed E-state index contributed by atoms with van der Waals surface area (Å²) < 4.78 is 57.0. The maximum atomic E-state index is 15.9. The number of ether oxygens (including phenoxy) is 3. The van der Waals surface area contributed by atoms with Gasteiger partial charge in [-0.15, -0.1) is 0 Å². The van der Waals surface area contributed by atoms with Crippen molar-refractivity contribution in [1.82, 2.24) is 9.88 Å². The van der Waals surface area contributed by atoms with Crippen LogP contribution in [0.2, 0.25) is 0 Å². The maximum absolute atomic E-state index is 15.9. The molecule has 2 saturated heterocycles. The van der Waals surface area contributed by atoms with Crippen LogP contribution in [0.4, 0.5) is 20.6 Å². The zero-order valence-corrected chi connectivity index (χ0v) is 29.5. The van der Waals surface area contributed by atoms with Gasteiger partial charge in [0.2, 0.25) is 11.7 Å². The largest absolute Gasteiger partial charge is 0.492 e. The highest BCUT2D eigenvalue weighted by atomic mass is 31.2. The van der Waals surface area contributed by atoms with Crippen LogP contribution in [0.3, 0.4) is 0 Å². The number of amides is 1. The Kier molecular flexibility index (Phi) is 10.4. The van der Waals surface area contributed by atoms with Gasteiger partial charge in [-0.2, -0.15) is 0 Å². The molecule has 6 rings (SSSR count). The number of fused-ring (bicyclic) bond motifs is 2. The number of esters is 1. The Hall–Kier alpha value is -3.82. The van der Waals surface area contributed by atoms with E-state index in [9.17, 15) is 43.1 Å². The van der Waals surface area contributed by atoms with Crippen LogP contribution < -0.4 is 25.7 Å². The standard InChI is InChI=1S/C32H39FN4O12P2/c1-17(49-32(40)35-20-7-5-18(6-8-20)12-26(50(41,42)43)51(44,45)46)48-31(39)23-15-37(21-9-10-21)27-22(29(23)38)13-24(33)28(30(27)47-2)36-14-19-4-3-11-34-25(19)16-36/h5-8,13,15,17,19,21,25-26,34H,3-4,9-12,14,16H2,1-2H3,(H,35,40)(H2,41,42,43)(H2,44,45,46). The minimum absolute atomic E-state index is 0.0492. The SMILES string of the molecule is COc1c(N2CC3CCCNC3C2)c(F)cc2c(=O)c(C(=O)OC(C)OC(=O)Nc3ccc(CC(P(=O)(O)O)P(=O)(O)O)cc3)cn(C3CC3)c12. The summed E-state index contributed by atoms with van der Waals surface area (Å²) >= 11 is 0. The molecule has 3 atom stereocenters. The van der Waals surface area contributed by atoms with Gasteiger partial charge in [-0.3, -0.25) is 19.2 Å². The number of halogens is 1. The molecule has 6 N–H and O–H groups in total. The van der Waals surface area contributed by atoms with Gasteiger partial charge in [0.25, 0.3) is 0 Å². The molecule has 2 aliphatic heterocycles. The third kappa shape index (κ3) is 8.00. The highest BCUT2D eigenvalue weighted by molar-refractivity contribution is 7.70. The van der Waals surface area contributed by atoms with E-state index in [2.05, 4.69) is 10.6 Å². The number of benzene rings is 2. The number of methoxy groups -OCH3 is 1. The molecular weight excluding hydrogens is 713 g/mol. The fraction of sp³-hybridized carbons (Fsp3) is 0.469. The summed E-state index contributed by atoms with van der Waals surface area (Å²) in [5, 5.41) is 3.60. The van der Waals surface area contributed by atoms with Crippen LogP contribution in [0.5, 0.6) is 5.75 Å². The molecular formula is C32H39FN4O12P2. The molecule has 3 unspecified atom stereocenters. The lowest BCUT2D eigenvalue weighted by molar-refractivity contribution is -0.0564. The van der Waals surface area contributed by atoms with Crippen molar-refractivity contribution in [2.24, 2.45) is 5.92 Å². The Balaban J connectivity index is 1.16. The lowest BCUT2D eigenvalue weighted by Gasteiger charge is -2.25. The average Bonchev–Trinajstić information content (AvgIpc) is 3.80. The predicted octanol–water partition coefficient (Wildman–Crippen LogP) is 3.65. The van der Waals surface area contributed by atoms with Crippen molar-refractivity contribution in [2.75, 3.05) is 37.0 Å². The number of hydrogen-bond donors (Lipinski definition) is 6. The molecule has 2 aromatic carbocycles. The van der Waals surface area contributed by atoms with Crippen molar-refractivity contribution in [2.45, 2.75) is 62.8 Å². The van der Waals surface area contributed by atoms with E-state index in [1.165, 1.54) is 44.5 Å². The fourth-order valence-electron chi connectivity index (χ4n) is 6.85. The second kappa shape index (κ2) is 14.3. The predicted molar refractivity (Wildman–Crippen MR) is 183 cm³/mol. The summed E-state index contributed by atoms with van der Waals surface area (Å²) in [6.07, 6.45) is 1.84. The maximum Gasteiger partial charge on any atom is 0.414 e. The van der Waals surface area contributed by atoms with E-state index in [1.54, 1.807) is 4.57 Å². The number of anilines is 2. The molecule has 0 radical (unpaired) electrons. The summed E-state index contributed by atoms with van der Waals surface area (Å²) in [4.78, 5) is 78.9. The van der Waals surface area contributed by atoms with Crippen molar-refractivity contribution in [3.8, 4) is 5.75 Å². The van der Waals surface area contributed by atoms with Gasteiger partial charge in [-0.05, 0) is 68.3 Å². The van der Waals surface area contributed by atoms with E-state index in [1.807, 2.05) is 4.90 Å². The Labute approximate surface area is 291 Å². The zero-order valence-electron chi connectivity index (χ0n) is 27.7. The van der Waals surface area contributed by atoms with Crippen LogP contribution >= 0.6 is 15.2 Å². The number of pyridine rings is 1. The zero-order chi connectivity index (χ0) is 36.8. The molecule has 1 aliphatic carbocycles. The van der Waals surface area contributed by atoms with Crippen LogP contribution in [0, 0.1) is 11.7 Å². The Morgan fingerprint density at radius 1 is 1.06 bits per heavy atom. The molecule has 276 valence electrons. The molecule has 1 amide bonds. The normalized spacial score (nSPS) is 19.9. The molecule has 1 aromatic heterocycles. The summed E-state index contributed by atoms with van der Waals surface area (Å²) in [7, 11) is -8.82. The molecule has 3 aromatic rings. The third-order valence-electron chi connectivity index (χ3n) is 9.42. The Bertz CT molecular complexity index is 1960. The Morgan fingerprint density at radius 3 is 2.35 bits per heavy atom. The highest BCUT2D eigenvalue weighted by Crippen LogP contribution is 2.61. The van der Waals surface area contributed by atoms with Gasteiger partial charge >= 0.3 is 27.3 Å². The molecule has 3 fully saturated rings. The van der Waals surface area contributed by atoms with E-state index in [0.29, 0.717) is 24.5 Å². The first-order valence-electron chi connectivity index (χ1n) is 16.4. The lowest BCUT2D eigenvalue weighted by atomic mass is 9.94. The molecule has 0 spiro atoms. The van der Waals surface area contributed by atoms with E-state index >= 15 is 4.39 Å². The quantitative estimate of drug-likeness (QED) is 0.0935. The number of carbonyl (C=O) groups excluding carboxylic acids is 2. The number of nitrogens with one attached hydrogen (secondary N) is 2. The summed E-state index contributed by atoms with van der Waals surface area (Å²) in [5.41, 5.74) is -0.166. The third-order valence-corrected chi connectivity index (χ3v) is 13.1. The van der Waals surface area contributed by atoms with Gasteiger partial charge in [0, 0.05) is 44.0 Å². The summed E-state index contributed by atoms with van der Waals surface area (Å²) in [6, 6.07) is 6.54. The van der Waals surface area contributed by atoms with E-state index in [4.69, 9.17) is 14.2 Å². The summed E-state index contributed by atoms with van der Waals surface area (Å²) in [5.74, 6) is -1.15. The Morgan fingerprint density at radius 2 is 1.75 bits per heavy atom. The van der Waals surface area contributed by atoms with Gasteiger partial charge in [0.05, 0.1) is 18.0 Å². The van der Waals surface area contributed by atoms with Crippen LogP contribution in [0.1, 0.15) is 54.6 Å². The van der Waals surface area contributed by atoms with Gasteiger partial charge < -0.3 is 48.6 Å². The highest BCUT2D eigenvalue weighted by Gasteiger charge is 2.43. The summed E-state index contributed by atoms with van der Waals surface area (Å²) in [6.45, 7) is 3.40. The van der Waals surface area contributed by atoms with Crippen molar-refractivity contribution in [3.63, 3.8) is 0 Å². The second-order valence-electron chi connectivity index (χ2n) is 13.1. The number of aromatic nitrogens is 1. The van der Waals surface area contributed by atoms with E-state index < -0.39 is 56.6 Å². The van der Waals surface area contributed by atoms with Crippen LogP contribution in [0.25, 0.3) is 10.9 Å². The molecule has 51 heavy (non-hydrogen) atoms. The average molecular weight is 753 g/mol. The number of piperidine rings is 1. The molecule has 1 saturated carbocycles. The minimum atomic E-state index is -5.13. The molecule has 19 heteroatoms. The number of hydrogen-bond acceptors (Lipinski definition) is 10. The van der Waals surface area contributed by atoms with Gasteiger partial charge in [-0.1, -0.05) is 12.1 Å². The first-order chi connectivity index (χ1) is 24.0. The molecule has 3 heterocycles. The monoisotopic (exact) mass is 752 g/mol. The first-order valence-corrected chi connectivity index (χ1v) is 19.7. The number of nitrogens with zero attached hydrogens (tertiary/aromatic N) is 2. The smallest absolute Gasteiger partial charge is 0.414 e. The van der Waals surface area contributed by atoms with Crippen LogP contribution in [-0.4, -0.2) is 80.7 Å². The lowest BCUT2D eigenvalue weighted by Crippen LogP contribution is -2.40. The number of rotatable bonds is 11. The van der Waals surface area contributed by atoms with E-state index in [0.717, 1.165) is 38.3 Å². The first kappa shape index (κ1) is 37.0. The van der Waals surface area contributed by atoms with Crippen LogP contribution in [0.15, 0.2) is 41.3 Å². The van der Waals surface area contributed by atoms with Gasteiger partial charge in [0.15, 0.2) is 17.0 Å². The second-order valence-corrected chi connectivity index (χ2v) is 17.1. The van der Waals surface area contributed by atoms with Crippen molar-refractivity contribution in [1.29, 1.82) is 0 Å². The fourth-order valence-corrected chi connectivity index (χ4v) is 9.32. The van der Waals surface area contributed by atoms with E-state index in [-0.39, 0.29) is 45.7 Å². The molecule has 16 nitrogen and oxygen atoms in total. The molecule has 0 bridgehead atoms. The van der Waals surface area contributed by atoms with Crippen molar-refractivity contribution < 1.29 is 56.9 Å². The minimum Gasteiger partial charge on any atom is -0.492 e. The van der Waals surface area contributed by atoms with Gasteiger partial charge in [-0.25, -0.2) is 14.0 Å². The molecule has 3 aliphatic rings. The van der Waals surface area contributed by atoms with Gasteiger partial charge in [0.1, 0.15) is 11.3 Å².